The van der Waals surface area contributed by atoms with Crippen LogP contribution in [0.4, 0.5) is 0 Å². The zero-order valence-electron chi connectivity index (χ0n) is 13.4. The van der Waals surface area contributed by atoms with Gasteiger partial charge in [-0.3, -0.25) is 20.6 Å². The molecule has 2 aromatic rings. The van der Waals surface area contributed by atoms with Gasteiger partial charge in [0.25, 0.3) is 5.91 Å². The average molecular weight is 342 g/mol. The average Bonchev–Trinajstić information content (AvgIpc) is 2.64. The van der Waals surface area contributed by atoms with Crippen molar-refractivity contribution in [1.82, 2.24) is 15.8 Å². The number of rotatable bonds is 8. The molecule has 25 heavy (non-hydrogen) atoms. The maximum Gasteiger partial charge on any atom is 0.269 e. The summed E-state index contributed by atoms with van der Waals surface area (Å²) >= 11 is 0. The van der Waals surface area contributed by atoms with Gasteiger partial charge >= 0.3 is 0 Å². The summed E-state index contributed by atoms with van der Waals surface area (Å²) in [6.07, 6.45) is 4.39. The Balaban J connectivity index is 1.91. The van der Waals surface area contributed by atoms with E-state index in [9.17, 15) is 14.7 Å². The lowest BCUT2D eigenvalue weighted by molar-refractivity contribution is -0.307. The number of nitrogens with one attached hydrogen (secondary N) is 2. The summed E-state index contributed by atoms with van der Waals surface area (Å²) in [5.41, 5.74) is 6.17. The smallest absolute Gasteiger partial charge is 0.269 e. The summed E-state index contributed by atoms with van der Waals surface area (Å²) < 4.78 is 10.5. The fraction of sp³-hybridized carbons (Fsp3) is 0.118. The molecular weight excluding hydrogens is 326 g/mol. The van der Waals surface area contributed by atoms with E-state index in [4.69, 9.17) is 9.47 Å². The van der Waals surface area contributed by atoms with Gasteiger partial charge in [-0.2, -0.15) is 0 Å². The molecule has 1 aromatic carbocycles. The summed E-state index contributed by atoms with van der Waals surface area (Å²) in [5, 5.41) is 10.5. The van der Waals surface area contributed by atoms with E-state index in [-0.39, 0.29) is 11.7 Å². The molecule has 2 rings (SSSR count). The number of amides is 1. The molecule has 1 amide bonds. The van der Waals surface area contributed by atoms with Crippen LogP contribution >= 0.6 is 0 Å². The second-order valence-electron chi connectivity index (χ2n) is 4.84. The van der Waals surface area contributed by atoms with E-state index < -0.39 is 12.6 Å². The molecule has 0 unspecified atom stereocenters. The number of pyridine rings is 1. The highest BCUT2D eigenvalue weighted by Crippen LogP contribution is 2.26. The van der Waals surface area contributed by atoms with Crippen molar-refractivity contribution >= 4 is 11.9 Å². The number of carboxylic acid groups (broad SMARTS) is 1. The van der Waals surface area contributed by atoms with Gasteiger partial charge in [0, 0.05) is 18.0 Å². The third kappa shape index (κ3) is 5.87. The molecule has 0 saturated carbocycles. The van der Waals surface area contributed by atoms with Gasteiger partial charge in [-0.1, -0.05) is 12.1 Å². The number of ether oxygens (including phenoxy) is 2. The molecular formula is C17H16N3O5-. The Morgan fingerprint density at radius 3 is 2.48 bits per heavy atom. The Morgan fingerprint density at radius 2 is 1.80 bits per heavy atom. The first-order valence-corrected chi connectivity index (χ1v) is 7.27. The van der Waals surface area contributed by atoms with E-state index in [1.165, 1.54) is 18.7 Å². The maximum absolute atomic E-state index is 11.9. The van der Waals surface area contributed by atoms with Crippen molar-refractivity contribution in [3.05, 3.63) is 66.3 Å². The first-order valence-electron chi connectivity index (χ1n) is 7.27. The second-order valence-corrected chi connectivity index (χ2v) is 4.84. The molecule has 0 aliphatic carbocycles. The fourth-order valence-electron chi connectivity index (χ4n) is 1.72. The molecule has 0 atom stereocenters. The maximum atomic E-state index is 11.9. The SMILES string of the molecule is CC(=COc1ccccc1OCC(=O)[O-])NNC(=O)c1ccncc1. The molecule has 0 radical (unpaired) electrons. The lowest BCUT2D eigenvalue weighted by Crippen LogP contribution is -2.36. The highest BCUT2D eigenvalue weighted by atomic mass is 16.5. The van der Waals surface area contributed by atoms with Crippen LogP contribution in [0, 0.1) is 0 Å². The number of benzene rings is 1. The summed E-state index contributed by atoms with van der Waals surface area (Å²) in [4.78, 5) is 26.2. The fourth-order valence-corrected chi connectivity index (χ4v) is 1.72. The molecule has 1 aromatic heterocycles. The summed E-state index contributed by atoms with van der Waals surface area (Å²) in [5.74, 6) is -1.07. The number of carboxylic acids is 1. The van der Waals surface area contributed by atoms with Gasteiger partial charge in [0.15, 0.2) is 11.5 Å². The molecule has 2 N–H and O–H groups in total. The van der Waals surface area contributed by atoms with Gasteiger partial charge in [-0.15, -0.1) is 0 Å². The topological polar surface area (TPSA) is 113 Å². The van der Waals surface area contributed by atoms with E-state index in [0.29, 0.717) is 17.0 Å². The number of carbonyl (C=O) groups excluding carboxylic acids is 2. The molecule has 0 bridgehead atoms. The van der Waals surface area contributed by atoms with Crippen LogP contribution in [0.15, 0.2) is 60.8 Å². The minimum Gasteiger partial charge on any atom is -0.546 e. The minimum absolute atomic E-state index is 0.261. The molecule has 0 saturated heterocycles. The number of hydrogen-bond donors (Lipinski definition) is 2. The van der Waals surface area contributed by atoms with Gasteiger partial charge < -0.3 is 19.4 Å². The second kappa shape index (κ2) is 8.92. The van der Waals surface area contributed by atoms with Crippen molar-refractivity contribution in [2.45, 2.75) is 6.92 Å². The van der Waals surface area contributed by atoms with E-state index in [0.717, 1.165) is 0 Å². The van der Waals surface area contributed by atoms with Gasteiger partial charge in [-0.05, 0) is 31.2 Å². The highest BCUT2D eigenvalue weighted by molar-refractivity contribution is 5.93. The van der Waals surface area contributed by atoms with E-state index in [1.54, 1.807) is 43.3 Å². The monoisotopic (exact) mass is 342 g/mol. The summed E-state index contributed by atoms with van der Waals surface area (Å²) in [7, 11) is 0. The van der Waals surface area contributed by atoms with Crippen molar-refractivity contribution in [2.24, 2.45) is 0 Å². The molecule has 8 nitrogen and oxygen atoms in total. The third-order valence-corrected chi connectivity index (χ3v) is 2.87. The Morgan fingerprint density at radius 1 is 1.12 bits per heavy atom. The lowest BCUT2D eigenvalue weighted by atomic mass is 10.3. The van der Waals surface area contributed by atoms with E-state index >= 15 is 0 Å². The zero-order chi connectivity index (χ0) is 18.1. The van der Waals surface area contributed by atoms with Crippen LogP contribution in [-0.2, 0) is 4.79 Å². The van der Waals surface area contributed by atoms with Crippen molar-refractivity contribution in [2.75, 3.05) is 6.61 Å². The third-order valence-electron chi connectivity index (χ3n) is 2.87. The van der Waals surface area contributed by atoms with Crippen molar-refractivity contribution in [1.29, 1.82) is 0 Å². The predicted octanol–water partition coefficient (Wildman–Crippen LogP) is 0.385. The van der Waals surface area contributed by atoms with Crippen molar-refractivity contribution in [3.8, 4) is 11.5 Å². The zero-order valence-corrected chi connectivity index (χ0v) is 13.4. The Labute approximate surface area is 144 Å². The molecule has 1 heterocycles. The van der Waals surface area contributed by atoms with Crippen LogP contribution < -0.4 is 25.4 Å². The molecule has 130 valence electrons. The van der Waals surface area contributed by atoms with Crippen molar-refractivity contribution < 1.29 is 24.2 Å². The van der Waals surface area contributed by atoms with Gasteiger partial charge in [-0.25, -0.2) is 0 Å². The molecule has 0 spiro atoms. The van der Waals surface area contributed by atoms with Crippen LogP contribution in [0.25, 0.3) is 0 Å². The quantitative estimate of drug-likeness (QED) is 0.527. The van der Waals surface area contributed by atoms with Crippen LogP contribution in [0.2, 0.25) is 0 Å². The number of aromatic nitrogens is 1. The minimum atomic E-state index is -1.33. The number of hydrazine groups is 1. The molecule has 0 aliphatic rings. The standard InChI is InChI=1S/C17H17N3O5/c1-12(19-20-17(23)13-6-8-18-9-7-13)10-24-14-4-2-3-5-15(14)25-11-16(21)22/h2-10,19H,11H2,1H3,(H,20,23)(H,21,22)/p-1. The number of hydrogen-bond acceptors (Lipinski definition) is 7. The first-order chi connectivity index (χ1) is 12.1. The van der Waals surface area contributed by atoms with Crippen LogP contribution in [0.5, 0.6) is 11.5 Å². The van der Waals surface area contributed by atoms with Crippen LogP contribution in [0.3, 0.4) is 0 Å². The highest BCUT2D eigenvalue weighted by Gasteiger charge is 2.05. The normalized spacial score (nSPS) is 10.7. The van der Waals surface area contributed by atoms with E-state index in [1.807, 2.05) is 0 Å². The van der Waals surface area contributed by atoms with Crippen molar-refractivity contribution in [3.63, 3.8) is 0 Å². The number of carbonyl (C=O) groups is 2. The number of aliphatic carboxylic acids is 1. The Bertz CT molecular complexity index is 762. The summed E-state index contributed by atoms with van der Waals surface area (Å²) in [6.45, 7) is 1.10. The van der Waals surface area contributed by atoms with Crippen LogP contribution in [-0.4, -0.2) is 23.5 Å². The molecule has 0 aliphatic heterocycles. The number of allylic oxidation sites excluding steroid dienone is 1. The first kappa shape index (κ1) is 17.8. The van der Waals surface area contributed by atoms with E-state index in [2.05, 4.69) is 15.8 Å². The Hall–Kier alpha value is -3.55. The van der Waals surface area contributed by atoms with Gasteiger partial charge in [0.05, 0.1) is 11.7 Å². The van der Waals surface area contributed by atoms with Crippen LogP contribution in [0.1, 0.15) is 17.3 Å². The molecule has 8 heteroatoms. The Kier molecular flexibility index (Phi) is 6.35. The number of nitrogens with zero attached hydrogens (tertiary/aromatic N) is 1. The van der Waals surface area contributed by atoms with Gasteiger partial charge in [0.1, 0.15) is 12.9 Å². The largest absolute Gasteiger partial charge is 0.546 e. The number of para-hydroxylation sites is 2. The van der Waals surface area contributed by atoms with Gasteiger partial charge in [0.2, 0.25) is 0 Å². The lowest BCUT2D eigenvalue weighted by Gasteiger charge is -2.12. The summed E-state index contributed by atoms with van der Waals surface area (Å²) in [6, 6.07) is 9.74. The predicted molar refractivity (Wildman–Crippen MR) is 86.2 cm³/mol. The molecule has 0 fully saturated rings.